The Morgan fingerprint density at radius 3 is 2.35 bits per heavy atom. The summed E-state index contributed by atoms with van der Waals surface area (Å²) in [6.07, 6.45) is 2.59. The maximum Gasteiger partial charge on any atom is 0.269 e. The normalized spacial score (nSPS) is 15.0. The molecule has 1 heterocycles. The monoisotopic (exact) mass is 485 g/mol. The van der Waals surface area contributed by atoms with Crippen LogP contribution >= 0.6 is 0 Å². The molecule has 0 aromatic heterocycles. The lowest BCUT2D eigenvalue weighted by molar-refractivity contribution is -0.140. The smallest absolute Gasteiger partial charge is 0.269 e. The Bertz CT molecular complexity index is 1130. The van der Waals surface area contributed by atoms with E-state index in [0.29, 0.717) is 23.7 Å². The SMILES string of the molecule is CCCCNC(=O)[C@@H](CC)N(CCc1ccccc1)C(=O)CN1C(=O)c2ccccc2S1(=O)=O. The van der Waals surface area contributed by atoms with Crippen molar-refractivity contribution in [2.45, 2.75) is 50.5 Å². The Labute approximate surface area is 201 Å². The predicted octanol–water partition coefficient (Wildman–Crippen LogP) is 2.60. The Morgan fingerprint density at radius 2 is 1.71 bits per heavy atom. The fourth-order valence-electron chi connectivity index (χ4n) is 4.00. The van der Waals surface area contributed by atoms with Gasteiger partial charge in [0.1, 0.15) is 17.5 Å². The minimum atomic E-state index is -4.13. The molecule has 1 atom stereocenters. The molecule has 1 N–H and O–H groups in total. The number of fused-ring (bicyclic) bond motifs is 1. The minimum absolute atomic E-state index is 0.0514. The number of hydrogen-bond acceptors (Lipinski definition) is 5. The molecule has 1 aliphatic heterocycles. The maximum atomic E-state index is 13.4. The van der Waals surface area contributed by atoms with E-state index in [1.807, 2.05) is 37.3 Å². The molecule has 2 aromatic carbocycles. The van der Waals surface area contributed by atoms with Crippen LogP contribution in [0.3, 0.4) is 0 Å². The Morgan fingerprint density at radius 1 is 1.03 bits per heavy atom. The van der Waals surface area contributed by atoms with Crippen LogP contribution in [0.2, 0.25) is 0 Å². The number of unbranched alkanes of at least 4 members (excludes halogenated alkanes) is 1. The fraction of sp³-hybridized carbons (Fsp3) is 0.400. The lowest BCUT2D eigenvalue weighted by Crippen LogP contribution is -2.53. The van der Waals surface area contributed by atoms with Crippen molar-refractivity contribution in [1.82, 2.24) is 14.5 Å². The quantitative estimate of drug-likeness (QED) is 0.493. The average Bonchev–Trinajstić information content (AvgIpc) is 3.03. The molecular formula is C25H31N3O5S. The predicted molar refractivity (Wildman–Crippen MR) is 129 cm³/mol. The zero-order valence-electron chi connectivity index (χ0n) is 19.6. The number of hydrogen-bond donors (Lipinski definition) is 1. The van der Waals surface area contributed by atoms with Crippen molar-refractivity contribution in [2.75, 3.05) is 19.6 Å². The Hall–Kier alpha value is -3.20. The van der Waals surface area contributed by atoms with Gasteiger partial charge in [-0.25, -0.2) is 12.7 Å². The first kappa shape index (κ1) is 25.4. The number of amides is 3. The van der Waals surface area contributed by atoms with Gasteiger partial charge in [-0.1, -0.05) is 62.7 Å². The molecule has 3 amide bonds. The lowest BCUT2D eigenvalue weighted by atomic mass is 10.1. The van der Waals surface area contributed by atoms with Crippen molar-refractivity contribution in [1.29, 1.82) is 0 Å². The summed E-state index contributed by atoms with van der Waals surface area (Å²) < 4.78 is 26.5. The summed E-state index contributed by atoms with van der Waals surface area (Å²) in [6.45, 7) is 3.90. The lowest BCUT2D eigenvalue weighted by Gasteiger charge is -2.31. The molecule has 9 heteroatoms. The van der Waals surface area contributed by atoms with Crippen LogP contribution in [0.4, 0.5) is 0 Å². The molecule has 34 heavy (non-hydrogen) atoms. The molecule has 0 unspecified atom stereocenters. The maximum absolute atomic E-state index is 13.4. The highest BCUT2D eigenvalue weighted by Gasteiger charge is 2.43. The molecule has 1 aliphatic rings. The van der Waals surface area contributed by atoms with Gasteiger partial charge in [0.25, 0.3) is 15.9 Å². The summed E-state index contributed by atoms with van der Waals surface area (Å²) in [5.74, 6) is -1.60. The molecule has 0 spiro atoms. The summed E-state index contributed by atoms with van der Waals surface area (Å²) in [7, 11) is -4.13. The number of sulfonamides is 1. The van der Waals surface area contributed by atoms with E-state index in [1.54, 1.807) is 13.0 Å². The molecule has 0 radical (unpaired) electrons. The second-order valence-corrected chi connectivity index (χ2v) is 10.0. The van der Waals surface area contributed by atoms with Crippen LogP contribution in [-0.2, 0) is 26.0 Å². The van der Waals surface area contributed by atoms with E-state index < -0.39 is 34.4 Å². The Kier molecular flexibility index (Phi) is 8.44. The van der Waals surface area contributed by atoms with Crippen LogP contribution in [0, 0.1) is 0 Å². The van der Waals surface area contributed by atoms with E-state index in [-0.39, 0.29) is 22.9 Å². The minimum Gasteiger partial charge on any atom is -0.354 e. The first-order chi connectivity index (χ1) is 16.3. The van der Waals surface area contributed by atoms with E-state index in [0.717, 1.165) is 18.4 Å². The van der Waals surface area contributed by atoms with Gasteiger partial charge in [-0.3, -0.25) is 14.4 Å². The van der Waals surface area contributed by atoms with Gasteiger partial charge in [0.05, 0.1) is 5.56 Å². The molecule has 3 rings (SSSR count). The van der Waals surface area contributed by atoms with Gasteiger partial charge in [0.2, 0.25) is 11.8 Å². The van der Waals surface area contributed by atoms with Gasteiger partial charge in [-0.05, 0) is 37.0 Å². The van der Waals surface area contributed by atoms with Crippen molar-refractivity contribution in [2.24, 2.45) is 0 Å². The zero-order valence-corrected chi connectivity index (χ0v) is 20.4. The fourth-order valence-corrected chi connectivity index (χ4v) is 5.52. The van der Waals surface area contributed by atoms with Crippen LogP contribution in [0.5, 0.6) is 0 Å². The van der Waals surface area contributed by atoms with Crippen LogP contribution in [-0.4, -0.2) is 61.0 Å². The highest BCUT2D eigenvalue weighted by atomic mass is 32.2. The Balaban J connectivity index is 1.83. The highest BCUT2D eigenvalue weighted by molar-refractivity contribution is 7.90. The second kappa shape index (κ2) is 11.3. The highest BCUT2D eigenvalue weighted by Crippen LogP contribution is 2.30. The first-order valence-corrected chi connectivity index (χ1v) is 13.0. The molecule has 0 fully saturated rings. The van der Waals surface area contributed by atoms with Crippen LogP contribution in [0.1, 0.15) is 49.0 Å². The molecule has 0 aliphatic carbocycles. The number of nitrogens with one attached hydrogen (secondary N) is 1. The summed E-state index contributed by atoms with van der Waals surface area (Å²) >= 11 is 0. The number of nitrogens with zero attached hydrogens (tertiary/aromatic N) is 2. The van der Waals surface area contributed by atoms with Crippen molar-refractivity contribution < 1.29 is 22.8 Å². The van der Waals surface area contributed by atoms with E-state index in [2.05, 4.69) is 5.32 Å². The summed E-state index contributed by atoms with van der Waals surface area (Å²) in [5.41, 5.74) is 1.04. The molecule has 0 saturated heterocycles. The standard InChI is InChI=1S/C25H31N3O5S/c1-3-5-16-26-24(30)21(4-2)27(17-15-19-11-7-6-8-12-19)23(29)18-28-25(31)20-13-9-10-14-22(20)34(28,32)33/h6-14,21H,3-5,15-18H2,1-2H3,(H,26,30)/t21-/m1/s1. The molecule has 2 aromatic rings. The van der Waals surface area contributed by atoms with Gasteiger partial charge in [0.15, 0.2) is 0 Å². The first-order valence-electron chi connectivity index (χ1n) is 11.6. The third-order valence-electron chi connectivity index (χ3n) is 5.89. The number of carbonyl (C=O) groups is 3. The van der Waals surface area contributed by atoms with Gasteiger partial charge < -0.3 is 10.2 Å². The van der Waals surface area contributed by atoms with E-state index in [4.69, 9.17) is 0 Å². The van der Waals surface area contributed by atoms with Gasteiger partial charge in [-0.2, -0.15) is 0 Å². The molecule has 8 nitrogen and oxygen atoms in total. The molecule has 0 bridgehead atoms. The van der Waals surface area contributed by atoms with Crippen molar-refractivity contribution in [3.63, 3.8) is 0 Å². The number of carbonyl (C=O) groups excluding carboxylic acids is 3. The third kappa shape index (κ3) is 5.47. The molecular weight excluding hydrogens is 454 g/mol. The number of rotatable bonds is 11. The van der Waals surface area contributed by atoms with Gasteiger partial charge >= 0.3 is 0 Å². The third-order valence-corrected chi connectivity index (χ3v) is 7.68. The zero-order chi connectivity index (χ0) is 24.7. The summed E-state index contributed by atoms with van der Waals surface area (Å²) in [4.78, 5) is 40.4. The van der Waals surface area contributed by atoms with Crippen LogP contribution < -0.4 is 5.32 Å². The number of benzene rings is 2. The molecule has 0 saturated carbocycles. The largest absolute Gasteiger partial charge is 0.354 e. The van der Waals surface area contributed by atoms with Gasteiger partial charge in [0, 0.05) is 13.1 Å². The topological polar surface area (TPSA) is 104 Å². The van der Waals surface area contributed by atoms with Crippen LogP contribution in [0.25, 0.3) is 0 Å². The summed E-state index contributed by atoms with van der Waals surface area (Å²) in [6, 6.07) is 14.7. The van der Waals surface area contributed by atoms with E-state index in [9.17, 15) is 22.8 Å². The van der Waals surface area contributed by atoms with E-state index in [1.165, 1.54) is 23.1 Å². The van der Waals surface area contributed by atoms with Crippen molar-refractivity contribution in [3.8, 4) is 0 Å². The second-order valence-electron chi connectivity index (χ2n) is 8.20. The summed E-state index contributed by atoms with van der Waals surface area (Å²) in [5, 5.41) is 2.87. The van der Waals surface area contributed by atoms with Crippen LogP contribution in [0.15, 0.2) is 59.5 Å². The van der Waals surface area contributed by atoms with E-state index >= 15 is 0 Å². The van der Waals surface area contributed by atoms with Crippen molar-refractivity contribution in [3.05, 3.63) is 65.7 Å². The van der Waals surface area contributed by atoms with Gasteiger partial charge in [-0.15, -0.1) is 0 Å². The van der Waals surface area contributed by atoms with Crippen molar-refractivity contribution >= 4 is 27.7 Å². The molecule has 182 valence electrons. The average molecular weight is 486 g/mol.